The van der Waals surface area contributed by atoms with E-state index in [9.17, 15) is 4.79 Å². The van der Waals surface area contributed by atoms with Gasteiger partial charge in [0.15, 0.2) is 0 Å². The van der Waals surface area contributed by atoms with Crippen LogP contribution in [-0.2, 0) is 6.42 Å². The summed E-state index contributed by atoms with van der Waals surface area (Å²) in [6.45, 7) is 0.512. The molecule has 2 aromatic rings. The highest BCUT2D eigenvalue weighted by Crippen LogP contribution is 2.07. The Morgan fingerprint density at radius 3 is 3.19 bits per heavy atom. The summed E-state index contributed by atoms with van der Waals surface area (Å²) in [5, 5.41) is 13.0. The molecule has 2 aromatic heterocycles. The quantitative estimate of drug-likeness (QED) is 0.845. The van der Waals surface area contributed by atoms with Crippen molar-refractivity contribution in [1.29, 1.82) is 0 Å². The van der Waals surface area contributed by atoms with Gasteiger partial charge in [0.1, 0.15) is 11.3 Å². The molecule has 2 amide bonds. The van der Waals surface area contributed by atoms with Gasteiger partial charge in [0.25, 0.3) is 0 Å². The number of amides is 2. The van der Waals surface area contributed by atoms with Crippen LogP contribution in [0.3, 0.4) is 0 Å². The maximum absolute atomic E-state index is 11.3. The molecule has 0 aromatic carbocycles. The van der Waals surface area contributed by atoms with Crippen molar-refractivity contribution >= 4 is 22.5 Å². The second-order valence-corrected chi connectivity index (χ2v) is 3.79. The van der Waals surface area contributed by atoms with Crippen LogP contribution >= 0.6 is 11.3 Å². The van der Waals surface area contributed by atoms with Crippen molar-refractivity contribution in [3.63, 3.8) is 0 Å². The third-order valence-corrected chi connectivity index (χ3v) is 2.42. The third kappa shape index (κ3) is 3.06. The van der Waals surface area contributed by atoms with Gasteiger partial charge in [0.2, 0.25) is 5.13 Å². The second-order valence-electron chi connectivity index (χ2n) is 2.95. The molecular formula is C9H10N4O2S. The predicted octanol–water partition coefficient (Wildman–Crippen LogP) is 1.50. The van der Waals surface area contributed by atoms with Gasteiger partial charge in [-0.3, -0.25) is 5.32 Å². The van der Waals surface area contributed by atoms with E-state index < -0.39 is 0 Å². The van der Waals surface area contributed by atoms with Gasteiger partial charge in [-0.05, 0) is 12.1 Å². The molecule has 2 rings (SSSR count). The molecule has 0 saturated heterocycles. The lowest BCUT2D eigenvalue weighted by molar-refractivity contribution is 0.252. The van der Waals surface area contributed by atoms with Crippen LogP contribution in [0.15, 0.2) is 28.3 Å². The first-order valence-corrected chi connectivity index (χ1v) is 5.56. The molecule has 0 aliphatic heterocycles. The summed E-state index contributed by atoms with van der Waals surface area (Å²) in [5.74, 6) is 0.844. The Hall–Kier alpha value is -1.89. The molecule has 16 heavy (non-hydrogen) atoms. The first-order chi connectivity index (χ1) is 7.84. The fraction of sp³-hybridized carbons (Fsp3) is 0.222. The molecule has 0 spiro atoms. The zero-order valence-corrected chi connectivity index (χ0v) is 9.16. The van der Waals surface area contributed by atoms with Gasteiger partial charge in [-0.25, -0.2) is 4.79 Å². The number of carbonyl (C=O) groups excluding carboxylic acids is 1. The molecule has 2 heterocycles. The molecule has 0 bridgehead atoms. The predicted molar refractivity (Wildman–Crippen MR) is 59.3 cm³/mol. The Morgan fingerprint density at radius 1 is 1.56 bits per heavy atom. The highest BCUT2D eigenvalue weighted by atomic mass is 32.1. The van der Waals surface area contributed by atoms with E-state index in [1.54, 1.807) is 11.8 Å². The minimum Gasteiger partial charge on any atom is -0.469 e. The average molecular weight is 238 g/mol. The monoisotopic (exact) mass is 238 g/mol. The van der Waals surface area contributed by atoms with E-state index in [-0.39, 0.29) is 6.03 Å². The Bertz CT molecular complexity index is 426. The third-order valence-electron chi connectivity index (χ3n) is 1.82. The van der Waals surface area contributed by atoms with E-state index in [4.69, 9.17) is 4.42 Å². The lowest BCUT2D eigenvalue weighted by Gasteiger charge is -2.03. The average Bonchev–Trinajstić information content (AvgIpc) is 2.90. The van der Waals surface area contributed by atoms with Crippen molar-refractivity contribution in [1.82, 2.24) is 15.5 Å². The van der Waals surface area contributed by atoms with Crippen molar-refractivity contribution in [2.45, 2.75) is 6.42 Å². The van der Waals surface area contributed by atoms with Crippen LogP contribution in [0.4, 0.5) is 9.93 Å². The van der Waals surface area contributed by atoms with Crippen LogP contribution in [0.2, 0.25) is 0 Å². The van der Waals surface area contributed by atoms with Crippen LogP contribution in [0.25, 0.3) is 0 Å². The van der Waals surface area contributed by atoms with Crippen molar-refractivity contribution < 1.29 is 9.21 Å². The Labute approximate surface area is 95.7 Å². The van der Waals surface area contributed by atoms with Crippen LogP contribution in [0.5, 0.6) is 0 Å². The fourth-order valence-corrected chi connectivity index (χ4v) is 1.56. The van der Waals surface area contributed by atoms with Crippen LogP contribution in [-0.4, -0.2) is 22.8 Å². The number of nitrogens with one attached hydrogen (secondary N) is 2. The van der Waals surface area contributed by atoms with Gasteiger partial charge in [-0.15, -0.1) is 10.2 Å². The number of aromatic nitrogens is 2. The summed E-state index contributed by atoms with van der Waals surface area (Å²) in [6, 6.07) is 3.39. The molecule has 0 saturated carbocycles. The zero-order valence-electron chi connectivity index (χ0n) is 8.34. The molecule has 2 N–H and O–H groups in total. The normalized spacial score (nSPS) is 10.0. The summed E-state index contributed by atoms with van der Waals surface area (Å²) in [5.41, 5.74) is 1.55. The summed E-state index contributed by atoms with van der Waals surface area (Å²) >= 11 is 1.27. The van der Waals surface area contributed by atoms with Gasteiger partial charge in [0, 0.05) is 13.0 Å². The number of anilines is 1. The summed E-state index contributed by atoms with van der Waals surface area (Å²) in [4.78, 5) is 11.3. The van der Waals surface area contributed by atoms with E-state index in [1.165, 1.54) is 11.3 Å². The number of urea groups is 1. The minimum atomic E-state index is -0.289. The summed E-state index contributed by atoms with van der Waals surface area (Å²) in [7, 11) is 0. The Balaban J connectivity index is 1.68. The molecule has 6 nitrogen and oxygen atoms in total. The number of rotatable bonds is 4. The van der Waals surface area contributed by atoms with Gasteiger partial charge < -0.3 is 9.73 Å². The van der Waals surface area contributed by atoms with Crippen molar-refractivity contribution in [2.75, 3.05) is 11.9 Å². The number of hydrogen-bond donors (Lipinski definition) is 2. The molecule has 84 valence electrons. The van der Waals surface area contributed by atoms with E-state index >= 15 is 0 Å². The summed E-state index contributed by atoms with van der Waals surface area (Å²) < 4.78 is 5.13. The zero-order chi connectivity index (χ0) is 11.2. The highest BCUT2D eigenvalue weighted by molar-refractivity contribution is 7.13. The summed E-state index contributed by atoms with van der Waals surface area (Å²) in [6.07, 6.45) is 2.27. The number of furan rings is 1. The van der Waals surface area contributed by atoms with Gasteiger partial charge in [0.05, 0.1) is 6.26 Å². The molecule has 0 radical (unpaired) electrons. The first-order valence-electron chi connectivity index (χ1n) is 4.68. The van der Waals surface area contributed by atoms with Gasteiger partial charge in [-0.2, -0.15) is 0 Å². The van der Waals surface area contributed by atoms with Gasteiger partial charge >= 0.3 is 6.03 Å². The lowest BCUT2D eigenvalue weighted by atomic mass is 10.3. The molecular weight excluding hydrogens is 228 g/mol. The van der Waals surface area contributed by atoms with E-state index in [0.717, 1.165) is 5.76 Å². The van der Waals surface area contributed by atoms with Crippen LogP contribution in [0.1, 0.15) is 5.76 Å². The largest absolute Gasteiger partial charge is 0.469 e. The van der Waals surface area contributed by atoms with Crippen LogP contribution < -0.4 is 10.6 Å². The topological polar surface area (TPSA) is 80.0 Å². The SMILES string of the molecule is O=C(NCCc1ccco1)Nc1nncs1. The number of hydrogen-bond acceptors (Lipinski definition) is 5. The highest BCUT2D eigenvalue weighted by Gasteiger charge is 2.03. The fourth-order valence-electron chi connectivity index (χ4n) is 1.12. The lowest BCUT2D eigenvalue weighted by Crippen LogP contribution is -2.30. The van der Waals surface area contributed by atoms with E-state index in [2.05, 4.69) is 20.8 Å². The van der Waals surface area contributed by atoms with E-state index in [0.29, 0.717) is 18.1 Å². The van der Waals surface area contributed by atoms with Gasteiger partial charge in [-0.1, -0.05) is 11.3 Å². The first kappa shape index (κ1) is 10.6. The number of nitrogens with zero attached hydrogens (tertiary/aromatic N) is 2. The Morgan fingerprint density at radius 2 is 2.50 bits per heavy atom. The number of carbonyl (C=O) groups is 1. The van der Waals surface area contributed by atoms with Crippen LogP contribution in [0, 0.1) is 0 Å². The van der Waals surface area contributed by atoms with Crippen molar-refractivity contribution in [3.8, 4) is 0 Å². The smallest absolute Gasteiger partial charge is 0.321 e. The Kier molecular flexibility index (Phi) is 3.50. The molecule has 0 unspecified atom stereocenters. The van der Waals surface area contributed by atoms with E-state index in [1.807, 2.05) is 12.1 Å². The minimum absolute atomic E-state index is 0.289. The molecule has 0 aliphatic carbocycles. The molecule has 0 atom stereocenters. The molecule has 0 aliphatic rings. The van der Waals surface area contributed by atoms with Crippen molar-refractivity contribution in [3.05, 3.63) is 29.7 Å². The molecule has 7 heteroatoms. The van der Waals surface area contributed by atoms with Crippen molar-refractivity contribution in [2.24, 2.45) is 0 Å². The standard InChI is InChI=1S/C9H10N4O2S/c14-8(12-9-13-11-6-16-9)10-4-3-7-2-1-5-15-7/h1-2,5-6H,3-4H2,(H2,10,12,13,14). The molecule has 0 fully saturated rings. The second kappa shape index (κ2) is 5.26. The maximum atomic E-state index is 11.3. The maximum Gasteiger partial charge on any atom is 0.321 e.